The van der Waals surface area contributed by atoms with Gasteiger partial charge in [0.25, 0.3) is 0 Å². The smallest absolute Gasteiger partial charge is 0.155 e. The summed E-state index contributed by atoms with van der Waals surface area (Å²) in [6, 6.07) is 0. The van der Waals surface area contributed by atoms with Gasteiger partial charge in [0.15, 0.2) is 6.29 Å². The predicted molar refractivity (Wildman–Crippen MR) is 66.3 cm³/mol. The molecule has 0 spiro atoms. The maximum absolute atomic E-state index is 5.57. The quantitative estimate of drug-likeness (QED) is 0.576. The summed E-state index contributed by atoms with van der Waals surface area (Å²) in [6.07, 6.45) is 2.02. The van der Waals surface area contributed by atoms with Gasteiger partial charge in [-0.1, -0.05) is 17.2 Å². The lowest BCUT2D eigenvalue weighted by Crippen LogP contribution is -2.14. The third kappa shape index (κ3) is 3.37. The number of ether oxygens (including phenoxy) is 2. The van der Waals surface area contributed by atoms with Crippen LogP contribution >= 0.6 is 12.6 Å². The van der Waals surface area contributed by atoms with Crippen molar-refractivity contribution in [1.29, 1.82) is 0 Å². The van der Waals surface area contributed by atoms with Gasteiger partial charge in [-0.05, 0) is 33.3 Å². The Morgan fingerprint density at radius 3 is 2.53 bits per heavy atom. The Labute approximate surface area is 97.8 Å². The molecule has 0 saturated heterocycles. The van der Waals surface area contributed by atoms with E-state index in [0.717, 1.165) is 0 Å². The Kier molecular flexibility index (Phi) is 4.90. The molecule has 0 amide bonds. The van der Waals surface area contributed by atoms with Crippen molar-refractivity contribution in [2.45, 2.75) is 39.2 Å². The van der Waals surface area contributed by atoms with Gasteiger partial charge in [0.05, 0.1) is 6.61 Å². The van der Waals surface area contributed by atoms with Crippen LogP contribution in [0.15, 0.2) is 22.8 Å². The fourth-order valence-corrected chi connectivity index (χ4v) is 1.87. The first-order chi connectivity index (χ1) is 7.06. The van der Waals surface area contributed by atoms with Gasteiger partial charge in [-0.25, -0.2) is 0 Å². The molecule has 0 saturated carbocycles. The molecule has 1 rings (SSSR count). The molecule has 0 aromatic rings. The summed E-state index contributed by atoms with van der Waals surface area (Å²) < 4.78 is 10.9. The van der Waals surface area contributed by atoms with Crippen molar-refractivity contribution >= 4 is 12.6 Å². The summed E-state index contributed by atoms with van der Waals surface area (Å²) in [5, 5.41) is 0.269. The first kappa shape index (κ1) is 12.8. The Morgan fingerprint density at radius 1 is 1.40 bits per heavy atom. The summed E-state index contributed by atoms with van der Waals surface area (Å²) in [5.41, 5.74) is 3.82. The Morgan fingerprint density at radius 2 is 2.07 bits per heavy atom. The second kappa shape index (κ2) is 5.73. The van der Waals surface area contributed by atoms with Crippen LogP contribution in [-0.4, -0.2) is 24.8 Å². The fourth-order valence-electron chi connectivity index (χ4n) is 1.63. The number of rotatable bonds is 5. The summed E-state index contributed by atoms with van der Waals surface area (Å²) in [5.74, 6) is 0. The molecule has 0 aromatic carbocycles. The molecular weight excluding hydrogens is 208 g/mol. The second-order valence-electron chi connectivity index (χ2n) is 3.83. The van der Waals surface area contributed by atoms with Gasteiger partial charge in [0, 0.05) is 11.9 Å². The molecule has 0 heterocycles. The largest absolute Gasteiger partial charge is 0.353 e. The zero-order chi connectivity index (χ0) is 11.4. The zero-order valence-corrected chi connectivity index (χ0v) is 10.8. The maximum Gasteiger partial charge on any atom is 0.155 e. The van der Waals surface area contributed by atoms with Crippen LogP contribution in [0.5, 0.6) is 0 Å². The van der Waals surface area contributed by atoms with Crippen molar-refractivity contribution in [3.63, 3.8) is 0 Å². The lowest BCUT2D eigenvalue weighted by molar-refractivity contribution is -0.120. The van der Waals surface area contributed by atoms with Gasteiger partial charge in [0.2, 0.25) is 0 Å². The minimum absolute atomic E-state index is 0.136. The molecular formula is C12H20O2S. The van der Waals surface area contributed by atoms with E-state index < -0.39 is 0 Å². The van der Waals surface area contributed by atoms with E-state index in [4.69, 9.17) is 9.47 Å². The monoisotopic (exact) mass is 228 g/mol. The minimum atomic E-state index is -0.136. The highest BCUT2D eigenvalue weighted by Crippen LogP contribution is 2.29. The fraction of sp³-hybridized carbons (Fsp3) is 0.667. The number of thiol groups is 1. The lowest BCUT2D eigenvalue weighted by atomic mass is 10.1. The molecule has 2 atom stereocenters. The van der Waals surface area contributed by atoms with Gasteiger partial charge < -0.3 is 9.47 Å². The van der Waals surface area contributed by atoms with E-state index in [9.17, 15) is 0 Å². The Balaban J connectivity index is 2.46. The molecule has 0 radical (unpaired) electrons. The molecule has 0 aromatic heterocycles. The van der Waals surface area contributed by atoms with Crippen molar-refractivity contribution in [3.8, 4) is 0 Å². The van der Waals surface area contributed by atoms with Crippen molar-refractivity contribution in [2.24, 2.45) is 0 Å². The molecule has 1 unspecified atom stereocenters. The topological polar surface area (TPSA) is 18.5 Å². The molecule has 15 heavy (non-hydrogen) atoms. The molecule has 3 heteroatoms. The average molecular weight is 228 g/mol. The first-order valence-corrected chi connectivity index (χ1v) is 5.87. The third-order valence-corrected chi connectivity index (χ3v) is 3.42. The highest BCUT2D eigenvalue weighted by Gasteiger charge is 2.18. The summed E-state index contributed by atoms with van der Waals surface area (Å²) >= 11 is 4.51. The van der Waals surface area contributed by atoms with Crippen molar-refractivity contribution < 1.29 is 9.47 Å². The minimum Gasteiger partial charge on any atom is -0.353 e. The van der Waals surface area contributed by atoms with Gasteiger partial charge in [0.1, 0.15) is 0 Å². The zero-order valence-electron chi connectivity index (χ0n) is 9.91. The van der Waals surface area contributed by atoms with E-state index in [2.05, 4.69) is 32.6 Å². The van der Waals surface area contributed by atoms with Crippen LogP contribution in [0.3, 0.4) is 0 Å². The van der Waals surface area contributed by atoms with Crippen LogP contribution in [0, 0.1) is 0 Å². The molecule has 2 nitrogen and oxygen atoms in total. The van der Waals surface area contributed by atoms with Gasteiger partial charge in [-0.3, -0.25) is 0 Å². The first-order valence-electron chi connectivity index (χ1n) is 5.35. The van der Waals surface area contributed by atoms with Gasteiger partial charge in [-0.2, -0.15) is 12.6 Å². The van der Waals surface area contributed by atoms with Crippen molar-refractivity contribution in [2.75, 3.05) is 13.2 Å². The number of hydrogen-bond acceptors (Lipinski definition) is 3. The van der Waals surface area contributed by atoms with E-state index in [0.29, 0.717) is 13.2 Å². The summed E-state index contributed by atoms with van der Waals surface area (Å²) in [7, 11) is 0. The highest BCUT2D eigenvalue weighted by atomic mass is 32.1. The van der Waals surface area contributed by atoms with Crippen LogP contribution in [-0.2, 0) is 9.47 Å². The van der Waals surface area contributed by atoms with Gasteiger partial charge >= 0.3 is 0 Å². The molecule has 1 aliphatic rings. The van der Waals surface area contributed by atoms with E-state index in [1.54, 1.807) is 0 Å². The molecule has 0 fully saturated rings. The molecule has 0 N–H and O–H groups in total. The van der Waals surface area contributed by atoms with Gasteiger partial charge in [-0.15, -0.1) is 0 Å². The molecule has 1 aliphatic carbocycles. The lowest BCUT2D eigenvalue weighted by Gasteiger charge is -2.13. The van der Waals surface area contributed by atoms with E-state index in [1.807, 2.05) is 13.8 Å². The van der Waals surface area contributed by atoms with Crippen LogP contribution in [0.2, 0.25) is 0 Å². The highest BCUT2D eigenvalue weighted by molar-refractivity contribution is 7.81. The normalized spacial score (nSPS) is 23.3. The van der Waals surface area contributed by atoms with E-state index >= 15 is 0 Å². The van der Waals surface area contributed by atoms with Crippen molar-refractivity contribution in [1.82, 2.24) is 0 Å². The standard InChI is InChI=1S/C12H20O2S/c1-5-13-10(4)14-7-11-6-8(2)12(15)9(11)3/h6,10,12,15H,5,7H2,1-4H3/t10?,12-/m1/s1. The number of hydrogen-bond donors (Lipinski definition) is 1. The summed E-state index contributed by atoms with van der Waals surface area (Å²) in [4.78, 5) is 0. The van der Waals surface area contributed by atoms with Crippen molar-refractivity contribution in [3.05, 3.63) is 22.8 Å². The Bertz CT molecular complexity index is 281. The molecule has 0 aliphatic heterocycles. The maximum atomic E-state index is 5.57. The van der Waals surface area contributed by atoms with Crippen LogP contribution < -0.4 is 0 Å². The van der Waals surface area contributed by atoms with Crippen LogP contribution in [0.1, 0.15) is 27.7 Å². The molecule has 0 bridgehead atoms. The average Bonchev–Trinajstić information content (AvgIpc) is 2.43. The Hall–Kier alpha value is -0.250. The van der Waals surface area contributed by atoms with E-state index in [1.165, 1.54) is 16.7 Å². The summed E-state index contributed by atoms with van der Waals surface area (Å²) in [6.45, 7) is 9.39. The van der Waals surface area contributed by atoms with Crippen LogP contribution in [0.4, 0.5) is 0 Å². The predicted octanol–water partition coefficient (Wildman–Crippen LogP) is 2.96. The molecule has 86 valence electrons. The SMILES string of the molecule is CCOC(C)OCC1=C(C)[C@H](S)C(C)=C1. The third-order valence-electron chi connectivity index (χ3n) is 2.62. The van der Waals surface area contributed by atoms with E-state index in [-0.39, 0.29) is 11.5 Å². The van der Waals surface area contributed by atoms with Crippen LogP contribution in [0.25, 0.3) is 0 Å². The second-order valence-corrected chi connectivity index (χ2v) is 4.35.